The van der Waals surface area contributed by atoms with Crippen LogP contribution in [0.3, 0.4) is 0 Å². The van der Waals surface area contributed by atoms with Crippen LogP contribution in [0.4, 0.5) is 0 Å². The molecular formula is C18H15ClN2O2S. The number of thiocarbonyl (C=S) groups is 1. The van der Waals surface area contributed by atoms with E-state index in [0.717, 1.165) is 16.5 Å². The lowest BCUT2D eigenvalue weighted by Gasteiger charge is -2.08. The molecule has 0 saturated carbocycles. The highest BCUT2D eigenvalue weighted by Crippen LogP contribution is 2.30. The summed E-state index contributed by atoms with van der Waals surface area (Å²) in [6, 6.07) is 17.5. The molecule has 1 heterocycles. The Labute approximate surface area is 150 Å². The van der Waals surface area contributed by atoms with Crippen molar-refractivity contribution in [3.05, 3.63) is 70.9 Å². The number of rotatable bonds is 3. The van der Waals surface area contributed by atoms with Crippen molar-refractivity contribution < 1.29 is 9.53 Å². The zero-order chi connectivity index (χ0) is 17.1. The van der Waals surface area contributed by atoms with Gasteiger partial charge in [-0.25, -0.2) is 0 Å². The number of aromatic nitrogens is 1. The molecule has 24 heavy (non-hydrogen) atoms. The summed E-state index contributed by atoms with van der Waals surface area (Å²) < 4.78 is 6.76. The molecule has 0 radical (unpaired) electrons. The molecule has 0 saturated heterocycles. The van der Waals surface area contributed by atoms with Gasteiger partial charge in [-0.15, -0.1) is 0 Å². The number of halogens is 1. The molecule has 122 valence electrons. The molecule has 1 amide bonds. The third kappa shape index (κ3) is 3.13. The number of carbonyl (C=O) groups is 1. The Hall–Kier alpha value is -2.37. The predicted molar refractivity (Wildman–Crippen MR) is 99.6 cm³/mol. The minimum absolute atomic E-state index is 0.0101. The highest BCUT2D eigenvalue weighted by Gasteiger charge is 2.22. The predicted octanol–water partition coefficient (Wildman–Crippen LogP) is 4.00. The van der Waals surface area contributed by atoms with E-state index in [0.29, 0.717) is 17.3 Å². The van der Waals surface area contributed by atoms with Gasteiger partial charge in [-0.05, 0) is 23.8 Å². The summed E-state index contributed by atoms with van der Waals surface area (Å²) in [6.07, 6.45) is 0. The van der Waals surface area contributed by atoms with Crippen LogP contribution >= 0.6 is 23.8 Å². The van der Waals surface area contributed by atoms with E-state index in [1.165, 1.54) is 7.11 Å². The van der Waals surface area contributed by atoms with E-state index in [4.69, 9.17) is 28.6 Å². The molecule has 1 aromatic heterocycles. The van der Waals surface area contributed by atoms with Gasteiger partial charge in [-0.1, -0.05) is 60.1 Å². The second-order valence-electron chi connectivity index (χ2n) is 5.20. The number of methoxy groups -OCH3 is 1. The highest BCUT2D eigenvalue weighted by molar-refractivity contribution is 7.80. The fraction of sp³-hybridized carbons (Fsp3) is 0.111. The number of fused-ring (bicyclic) bond motifs is 1. The fourth-order valence-corrected chi connectivity index (χ4v) is 3.05. The Bertz CT molecular complexity index is 906. The van der Waals surface area contributed by atoms with E-state index in [-0.39, 0.29) is 11.1 Å². The van der Waals surface area contributed by atoms with E-state index in [1.54, 1.807) is 0 Å². The summed E-state index contributed by atoms with van der Waals surface area (Å²) >= 11 is 11.4. The smallest absolute Gasteiger partial charge is 0.263 e. The third-order valence-corrected chi connectivity index (χ3v) is 4.38. The van der Waals surface area contributed by atoms with Gasteiger partial charge in [0.1, 0.15) is 5.15 Å². The van der Waals surface area contributed by atoms with Crippen LogP contribution in [0, 0.1) is 0 Å². The number of hydrogen-bond acceptors (Lipinski definition) is 3. The van der Waals surface area contributed by atoms with Gasteiger partial charge in [0.05, 0.1) is 18.2 Å². The molecule has 3 rings (SSSR count). The summed E-state index contributed by atoms with van der Waals surface area (Å²) in [5, 5.41) is 3.68. The van der Waals surface area contributed by atoms with Crippen molar-refractivity contribution >= 4 is 45.8 Å². The van der Waals surface area contributed by atoms with Crippen LogP contribution in [0.25, 0.3) is 10.9 Å². The van der Waals surface area contributed by atoms with Gasteiger partial charge in [-0.3, -0.25) is 10.1 Å². The maximum absolute atomic E-state index is 12.5. The summed E-state index contributed by atoms with van der Waals surface area (Å²) in [4.78, 5) is 12.5. The molecule has 0 aliphatic heterocycles. The molecule has 0 unspecified atom stereocenters. The number of nitrogens with one attached hydrogen (secondary N) is 1. The van der Waals surface area contributed by atoms with Crippen molar-refractivity contribution in [2.75, 3.05) is 7.11 Å². The van der Waals surface area contributed by atoms with Crippen LogP contribution in [0.1, 0.15) is 15.9 Å². The molecule has 4 nitrogen and oxygen atoms in total. The van der Waals surface area contributed by atoms with E-state index in [2.05, 4.69) is 5.32 Å². The zero-order valence-electron chi connectivity index (χ0n) is 13.0. The number of carbonyl (C=O) groups excluding carboxylic acids is 1. The number of benzene rings is 2. The van der Waals surface area contributed by atoms with Crippen molar-refractivity contribution in [1.82, 2.24) is 9.88 Å². The van der Waals surface area contributed by atoms with Crippen molar-refractivity contribution in [2.24, 2.45) is 0 Å². The molecule has 1 N–H and O–H groups in total. The standard InChI is InChI=1S/C18H15ClN2O2S/c1-23-18(24)20-17(22)15-13-9-5-6-10-14(13)21(16(15)19)11-12-7-3-2-4-8-12/h2-10H,11H2,1H3,(H,20,22,24). The lowest BCUT2D eigenvalue weighted by atomic mass is 10.1. The van der Waals surface area contributed by atoms with Gasteiger partial charge >= 0.3 is 0 Å². The van der Waals surface area contributed by atoms with E-state index in [1.807, 2.05) is 59.2 Å². The second kappa shape index (κ2) is 7.03. The Kier molecular flexibility index (Phi) is 4.83. The molecule has 0 fully saturated rings. The maximum Gasteiger partial charge on any atom is 0.263 e. The first-order valence-corrected chi connectivity index (χ1v) is 8.10. The summed E-state index contributed by atoms with van der Waals surface area (Å²) in [5.74, 6) is -0.380. The van der Waals surface area contributed by atoms with Crippen molar-refractivity contribution in [3.8, 4) is 0 Å². The molecule has 0 bridgehead atoms. The van der Waals surface area contributed by atoms with Gasteiger partial charge in [0, 0.05) is 11.9 Å². The molecule has 6 heteroatoms. The summed E-state index contributed by atoms with van der Waals surface area (Å²) in [5.41, 5.74) is 2.38. The Balaban J connectivity index is 2.09. The first-order valence-electron chi connectivity index (χ1n) is 7.31. The van der Waals surface area contributed by atoms with E-state index >= 15 is 0 Å². The van der Waals surface area contributed by atoms with Crippen molar-refractivity contribution in [1.29, 1.82) is 0 Å². The number of ether oxygens (including phenoxy) is 1. The van der Waals surface area contributed by atoms with Crippen LogP contribution in [-0.2, 0) is 11.3 Å². The molecule has 0 spiro atoms. The Morgan fingerprint density at radius 3 is 2.54 bits per heavy atom. The molecule has 2 aromatic carbocycles. The van der Waals surface area contributed by atoms with Gasteiger partial charge in [0.25, 0.3) is 11.1 Å². The lowest BCUT2D eigenvalue weighted by molar-refractivity contribution is 0.0972. The third-order valence-electron chi connectivity index (χ3n) is 3.72. The number of para-hydroxylation sites is 1. The van der Waals surface area contributed by atoms with Gasteiger partial charge in [-0.2, -0.15) is 0 Å². The molecular weight excluding hydrogens is 344 g/mol. The number of nitrogens with zero attached hydrogens (tertiary/aromatic N) is 1. The van der Waals surface area contributed by atoms with Crippen molar-refractivity contribution in [2.45, 2.75) is 6.54 Å². The molecule has 0 aliphatic carbocycles. The number of hydrogen-bond donors (Lipinski definition) is 1. The number of amides is 1. The molecule has 0 atom stereocenters. The minimum atomic E-state index is -0.380. The molecule has 0 aliphatic rings. The molecule has 3 aromatic rings. The van der Waals surface area contributed by atoms with Gasteiger partial charge in [0.2, 0.25) is 0 Å². The van der Waals surface area contributed by atoms with E-state index in [9.17, 15) is 4.79 Å². The van der Waals surface area contributed by atoms with Crippen LogP contribution < -0.4 is 5.32 Å². The van der Waals surface area contributed by atoms with Gasteiger partial charge < -0.3 is 9.30 Å². The van der Waals surface area contributed by atoms with Crippen LogP contribution in [0.2, 0.25) is 5.15 Å². The van der Waals surface area contributed by atoms with Crippen LogP contribution in [0.5, 0.6) is 0 Å². The average Bonchev–Trinajstić information content (AvgIpc) is 2.88. The zero-order valence-corrected chi connectivity index (χ0v) is 14.5. The maximum atomic E-state index is 12.5. The van der Waals surface area contributed by atoms with Crippen LogP contribution in [-0.4, -0.2) is 22.8 Å². The monoisotopic (exact) mass is 358 g/mol. The summed E-state index contributed by atoms with van der Waals surface area (Å²) in [6.45, 7) is 0.572. The van der Waals surface area contributed by atoms with Crippen molar-refractivity contribution in [3.63, 3.8) is 0 Å². The van der Waals surface area contributed by atoms with Gasteiger partial charge in [0.15, 0.2) is 0 Å². The van der Waals surface area contributed by atoms with Crippen LogP contribution in [0.15, 0.2) is 54.6 Å². The SMILES string of the molecule is COC(=S)NC(=O)c1c(Cl)n(Cc2ccccc2)c2ccccc12. The largest absolute Gasteiger partial charge is 0.474 e. The summed E-state index contributed by atoms with van der Waals surface area (Å²) in [7, 11) is 1.41. The first kappa shape index (κ1) is 16.5. The first-order chi connectivity index (χ1) is 11.6. The lowest BCUT2D eigenvalue weighted by Crippen LogP contribution is -2.30. The minimum Gasteiger partial charge on any atom is -0.474 e. The van der Waals surface area contributed by atoms with E-state index < -0.39 is 0 Å². The second-order valence-corrected chi connectivity index (χ2v) is 5.93. The average molecular weight is 359 g/mol. The Morgan fingerprint density at radius 1 is 1.17 bits per heavy atom. The normalized spacial score (nSPS) is 10.6. The topological polar surface area (TPSA) is 43.3 Å². The Morgan fingerprint density at radius 2 is 1.83 bits per heavy atom. The quantitative estimate of drug-likeness (QED) is 0.719. The fourth-order valence-electron chi connectivity index (χ4n) is 2.62. The highest BCUT2D eigenvalue weighted by atomic mass is 35.5.